The number of benzene rings is 2. The summed E-state index contributed by atoms with van der Waals surface area (Å²) in [7, 11) is 0. The number of halogens is 1. The molecule has 28 heavy (non-hydrogen) atoms. The normalized spacial score (nSPS) is 10.5. The van der Waals surface area contributed by atoms with Gasteiger partial charge in [-0.05, 0) is 41.1 Å². The Morgan fingerprint density at radius 1 is 1.11 bits per heavy atom. The number of carbonyl (C=O) groups is 3. The molecule has 1 amide bonds. The molecule has 8 heteroatoms. The summed E-state index contributed by atoms with van der Waals surface area (Å²) in [6.45, 7) is 3.19. The Kier molecular flexibility index (Phi) is 6.11. The van der Waals surface area contributed by atoms with E-state index >= 15 is 0 Å². The third kappa shape index (κ3) is 4.07. The lowest BCUT2D eigenvalue weighted by molar-refractivity contribution is -0.131. The topological polar surface area (TPSA) is 81.7 Å². The van der Waals surface area contributed by atoms with Gasteiger partial charge in [0.15, 0.2) is 5.75 Å². The van der Waals surface area contributed by atoms with Crippen LogP contribution in [0.3, 0.4) is 0 Å². The highest BCUT2D eigenvalue weighted by Crippen LogP contribution is 2.44. The Bertz CT molecular complexity index is 1060. The van der Waals surface area contributed by atoms with Crippen LogP contribution in [-0.2, 0) is 9.53 Å². The predicted octanol–water partition coefficient (Wildman–Crippen LogP) is 5.02. The maximum atomic E-state index is 12.6. The van der Waals surface area contributed by atoms with Crippen molar-refractivity contribution in [2.75, 3.05) is 11.9 Å². The van der Waals surface area contributed by atoms with Gasteiger partial charge in [0.25, 0.3) is 5.91 Å². The van der Waals surface area contributed by atoms with Crippen molar-refractivity contribution in [3.05, 3.63) is 58.1 Å². The molecule has 0 fully saturated rings. The fraction of sp³-hybridized carbons (Fsp3) is 0.150. The average Bonchev–Trinajstić information content (AvgIpc) is 3.03. The molecule has 3 rings (SSSR count). The van der Waals surface area contributed by atoms with Crippen LogP contribution in [0.25, 0.3) is 10.1 Å². The van der Waals surface area contributed by atoms with Gasteiger partial charge in [0.1, 0.15) is 10.6 Å². The molecular weight excluding hydrogens is 446 g/mol. The van der Waals surface area contributed by atoms with E-state index in [1.165, 1.54) is 6.92 Å². The molecule has 0 aliphatic carbocycles. The first-order valence-corrected chi connectivity index (χ1v) is 10.00. The average molecular weight is 462 g/mol. The summed E-state index contributed by atoms with van der Waals surface area (Å²) in [6, 6.07) is 12.1. The summed E-state index contributed by atoms with van der Waals surface area (Å²) < 4.78 is 11.6. The predicted molar refractivity (Wildman–Crippen MR) is 111 cm³/mol. The molecule has 144 valence electrons. The van der Waals surface area contributed by atoms with E-state index in [0.717, 1.165) is 11.3 Å². The molecule has 0 saturated carbocycles. The van der Waals surface area contributed by atoms with Crippen molar-refractivity contribution in [1.29, 1.82) is 0 Å². The molecule has 3 aromatic rings. The van der Waals surface area contributed by atoms with Crippen LogP contribution in [0.5, 0.6) is 5.75 Å². The Morgan fingerprint density at radius 2 is 1.82 bits per heavy atom. The third-order valence-corrected chi connectivity index (χ3v) is 5.50. The zero-order chi connectivity index (χ0) is 20.3. The quantitative estimate of drug-likeness (QED) is 0.426. The monoisotopic (exact) mass is 461 g/mol. The van der Waals surface area contributed by atoms with E-state index in [1.54, 1.807) is 43.3 Å². The molecule has 2 aromatic carbocycles. The van der Waals surface area contributed by atoms with Crippen LogP contribution in [0, 0.1) is 0 Å². The number of rotatable bonds is 5. The number of fused-ring (bicyclic) bond motifs is 1. The molecule has 1 heterocycles. The minimum absolute atomic E-state index is 0.190. The van der Waals surface area contributed by atoms with Crippen molar-refractivity contribution in [3.8, 4) is 5.75 Å². The van der Waals surface area contributed by atoms with Gasteiger partial charge in [-0.1, -0.05) is 24.3 Å². The van der Waals surface area contributed by atoms with Crippen LogP contribution in [0.4, 0.5) is 5.00 Å². The lowest BCUT2D eigenvalue weighted by Crippen LogP contribution is -2.14. The number of hydrogen-bond donors (Lipinski definition) is 1. The van der Waals surface area contributed by atoms with E-state index in [1.807, 2.05) is 6.07 Å². The molecule has 6 nitrogen and oxygen atoms in total. The number of hydrogen-bond acceptors (Lipinski definition) is 6. The standard InChI is InChI=1S/C20H16BrNO5S/c1-3-26-20(25)15-13-9-10-14(21)16(27-11(2)23)17(13)28-19(15)22-18(24)12-7-5-4-6-8-12/h4-10H,3H2,1-2H3,(H,22,24). The molecule has 0 radical (unpaired) electrons. The van der Waals surface area contributed by atoms with Gasteiger partial charge in [-0.2, -0.15) is 0 Å². The molecule has 0 atom stereocenters. The van der Waals surface area contributed by atoms with Crippen molar-refractivity contribution in [2.45, 2.75) is 13.8 Å². The van der Waals surface area contributed by atoms with Crippen molar-refractivity contribution in [3.63, 3.8) is 0 Å². The number of anilines is 1. The van der Waals surface area contributed by atoms with Gasteiger partial charge < -0.3 is 14.8 Å². The number of esters is 2. The second-order valence-corrected chi connectivity index (χ2v) is 7.57. The van der Waals surface area contributed by atoms with Crippen LogP contribution in [0.15, 0.2) is 46.9 Å². The van der Waals surface area contributed by atoms with Crippen molar-refractivity contribution in [2.24, 2.45) is 0 Å². The van der Waals surface area contributed by atoms with E-state index in [9.17, 15) is 14.4 Å². The summed E-state index contributed by atoms with van der Waals surface area (Å²) in [4.78, 5) is 36.7. The Balaban J connectivity index is 2.14. The molecule has 0 aliphatic rings. The van der Waals surface area contributed by atoms with Crippen molar-refractivity contribution >= 4 is 60.2 Å². The van der Waals surface area contributed by atoms with Crippen LogP contribution in [0.1, 0.15) is 34.6 Å². The van der Waals surface area contributed by atoms with Crippen LogP contribution < -0.4 is 10.1 Å². The number of carbonyl (C=O) groups excluding carboxylic acids is 3. The highest BCUT2D eigenvalue weighted by molar-refractivity contribution is 9.10. The zero-order valence-electron chi connectivity index (χ0n) is 15.1. The smallest absolute Gasteiger partial charge is 0.341 e. The molecule has 0 spiro atoms. The van der Waals surface area contributed by atoms with Crippen LogP contribution in [-0.4, -0.2) is 24.5 Å². The first-order chi connectivity index (χ1) is 13.4. The Labute approximate surface area is 173 Å². The van der Waals surface area contributed by atoms with Gasteiger partial charge in [0.05, 0.1) is 15.8 Å². The first kappa shape index (κ1) is 20.0. The molecule has 1 N–H and O–H groups in total. The van der Waals surface area contributed by atoms with Gasteiger partial charge in [0, 0.05) is 17.9 Å². The van der Waals surface area contributed by atoms with Gasteiger partial charge in [-0.3, -0.25) is 9.59 Å². The second-order valence-electron chi connectivity index (χ2n) is 5.69. The van der Waals surface area contributed by atoms with E-state index in [0.29, 0.717) is 30.9 Å². The SMILES string of the molecule is CCOC(=O)c1c(NC(=O)c2ccccc2)sc2c(OC(C)=O)c(Br)ccc12. The molecule has 0 bridgehead atoms. The zero-order valence-corrected chi connectivity index (χ0v) is 17.5. The third-order valence-electron chi connectivity index (χ3n) is 3.75. The van der Waals surface area contributed by atoms with Crippen molar-refractivity contribution < 1.29 is 23.9 Å². The maximum Gasteiger partial charge on any atom is 0.341 e. The molecular formula is C20H16BrNO5S. The highest BCUT2D eigenvalue weighted by atomic mass is 79.9. The first-order valence-electron chi connectivity index (χ1n) is 8.39. The second kappa shape index (κ2) is 8.53. The molecule has 1 aromatic heterocycles. The van der Waals surface area contributed by atoms with E-state index in [2.05, 4.69) is 21.2 Å². The number of ether oxygens (including phenoxy) is 2. The van der Waals surface area contributed by atoms with Crippen molar-refractivity contribution in [1.82, 2.24) is 0 Å². The van der Waals surface area contributed by atoms with Gasteiger partial charge >= 0.3 is 11.9 Å². The molecule has 0 aliphatic heterocycles. The van der Waals surface area contributed by atoms with E-state index in [-0.39, 0.29) is 18.1 Å². The Hall–Kier alpha value is -2.71. The van der Waals surface area contributed by atoms with Gasteiger partial charge in [-0.15, -0.1) is 11.3 Å². The fourth-order valence-electron chi connectivity index (χ4n) is 2.61. The van der Waals surface area contributed by atoms with Crippen LogP contribution in [0.2, 0.25) is 0 Å². The van der Waals surface area contributed by atoms with Crippen LogP contribution >= 0.6 is 27.3 Å². The largest absolute Gasteiger partial charge is 0.462 e. The lowest BCUT2D eigenvalue weighted by Gasteiger charge is -2.07. The summed E-state index contributed by atoms with van der Waals surface area (Å²) in [5.74, 6) is -1.12. The summed E-state index contributed by atoms with van der Waals surface area (Å²) in [5, 5.41) is 3.64. The Morgan fingerprint density at radius 3 is 2.46 bits per heavy atom. The molecule has 0 unspecified atom stereocenters. The van der Waals surface area contributed by atoms with Gasteiger partial charge in [-0.25, -0.2) is 4.79 Å². The summed E-state index contributed by atoms with van der Waals surface area (Å²) in [5.41, 5.74) is 0.684. The summed E-state index contributed by atoms with van der Waals surface area (Å²) >= 11 is 4.50. The number of thiophene rings is 1. The van der Waals surface area contributed by atoms with E-state index in [4.69, 9.17) is 9.47 Å². The maximum absolute atomic E-state index is 12.6. The summed E-state index contributed by atoms with van der Waals surface area (Å²) in [6.07, 6.45) is 0. The minimum atomic E-state index is -0.562. The molecule has 0 saturated heterocycles. The number of amides is 1. The fourth-order valence-corrected chi connectivity index (χ4v) is 4.32. The van der Waals surface area contributed by atoms with E-state index < -0.39 is 11.9 Å². The minimum Gasteiger partial charge on any atom is -0.462 e. The van der Waals surface area contributed by atoms with Gasteiger partial charge in [0.2, 0.25) is 0 Å². The lowest BCUT2D eigenvalue weighted by atomic mass is 10.1. The number of nitrogens with one attached hydrogen (secondary N) is 1. The highest BCUT2D eigenvalue weighted by Gasteiger charge is 2.25.